The smallest absolute Gasteiger partial charge is 0.323 e. The van der Waals surface area contributed by atoms with Crippen molar-refractivity contribution in [3.63, 3.8) is 0 Å². The van der Waals surface area contributed by atoms with E-state index >= 15 is 0 Å². The van der Waals surface area contributed by atoms with Crippen LogP contribution < -0.4 is 4.74 Å². The summed E-state index contributed by atoms with van der Waals surface area (Å²) in [5, 5.41) is 0. The Morgan fingerprint density at radius 3 is 2.30 bits per heavy atom. The number of benzene rings is 1. The van der Waals surface area contributed by atoms with E-state index in [0.29, 0.717) is 19.6 Å². The molecule has 0 radical (unpaired) electrons. The number of halogens is 2. The molecule has 1 aromatic carbocycles. The van der Waals surface area contributed by atoms with Crippen LogP contribution in [0.4, 0.5) is 8.78 Å². The fraction of sp³-hybridized carbons (Fsp3) is 0.741. The van der Waals surface area contributed by atoms with E-state index in [0.717, 1.165) is 24.2 Å². The van der Waals surface area contributed by atoms with Gasteiger partial charge >= 0.3 is 5.97 Å². The highest BCUT2D eigenvalue weighted by atomic mass is 19.1. The Balaban J connectivity index is 1.24. The molecule has 6 heteroatoms. The van der Waals surface area contributed by atoms with Gasteiger partial charge in [-0.1, -0.05) is 0 Å². The summed E-state index contributed by atoms with van der Waals surface area (Å²) in [6.07, 6.45) is 9.05. The summed E-state index contributed by atoms with van der Waals surface area (Å²) >= 11 is 0. The molecule has 5 fully saturated rings. The molecule has 1 saturated heterocycles. The van der Waals surface area contributed by atoms with Crippen molar-refractivity contribution < 1.29 is 23.0 Å². The number of ether oxygens (including phenoxy) is 2. The molecule has 0 N–H and O–H groups in total. The van der Waals surface area contributed by atoms with Crippen LogP contribution in [0.3, 0.4) is 0 Å². The third-order valence-electron chi connectivity index (χ3n) is 8.22. The molecule has 0 aromatic heterocycles. The van der Waals surface area contributed by atoms with Crippen molar-refractivity contribution in [2.75, 3.05) is 13.2 Å². The molecule has 4 saturated carbocycles. The molecule has 1 heterocycles. The number of carbonyl (C=O) groups is 1. The lowest BCUT2D eigenvalue weighted by Crippen LogP contribution is -2.48. The molecule has 1 aliphatic heterocycles. The highest BCUT2D eigenvalue weighted by Crippen LogP contribution is 2.60. The van der Waals surface area contributed by atoms with Crippen LogP contribution in [0.1, 0.15) is 77.7 Å². The molecular formula is C27H37F2NO3. The lowest BCUT2D eigenvalue weighted by molar-refractivity contribution is -0.160. The maximum Gasteiger partial charge on any atom is 0.323 e. The normalized spacial score (nSPS) is 33.5. The van der Waals surface area contributed by atoms with Crippen molar-refractivity contribution in [1.29, 1.82) is 0 Å². The van der Waals surface area contributed by atoms with Gasteiger partial charge in [-0.05, 0) is 103 Å². The van der Waals surface area contributed by atoms with Gasteiger partial charge in [0.25, 0.3) is 0 Å². The van der Waals surface area contributed by atoms with E-state index in [-0.39, 0.29) is 29.2 Å². The van der Waals surface area contributed by atoms with Crippen molar-refractivity contribution in [2.45, 2.75) is 90.3 Å². The molecule has 0 unspecified atom stereocenters. The van der Waals surface area contributed by atoms with Gasteiger partial charge in [0.1, 0.15) is 17.5 Å². The number of rotatable bonds is 6. The molecule has 33 heavy (non-hydrogen) atoms. The molecule has 182 valence electrons. The third kappa shape index (κ3) is 4.91. The molecule has 4 bridgehead atoms. The maximum atomic E-state index is 15.0. The van der Waals surface area contributed by atoms with Crippen LogP contribution in [0.5, 0.6) is 5.75 Å². The Kier molecular flexibility index (Phi) is 5.95. The van der Waals surface area contributed by atoms with Gasteiger partial charge in [-0.2, -0.15) is 0 Å². The largest absolute Gasteiger partial charge is 0.490 e. The second-order valence-corrected chi connectivity index (χ2v) is 12.2. The SMILES string of the molecule is CC(C)(C)OC(=O)[C@@H]1CCCN1Cc1cc(F)c(OCC23CC4CC(CC(C4)C2)C3)cc1F. The van der Waals surface area contributed by atoms with Crippen LogP contribution in [0, 0.1) is 34.8 Å². The fourth-order valence-corrected chi connectivity index (χ4v) is 7.37. The number of hydrogen-bond donors (Lipinski definition) is 0. The van der Waals surface area contributed by atoms with Crippen LogP contribution in [0.15, 0.2) is 12.1 Å². The van der Waals surface area contributed by atoms with Gasteiger partial charge in [0.15, 0.2) is 11.6 Å². The molecule has 0 amide bonds. The Bertz CT molecular complexity index is 874. The van der Waals surface area contributed by atoms with E-state index in [1.165, 1.54) is 50.7 Å². The molecule has 6 rings (SSSR count). The number of nitrogens with zero attached hydrogens (tertiary/aromatic N) is 1. The van der Waals surface area contributed by atoms with Gasteiger partial charge in [0.2, 0.25) is 0 Å². The average molecular weight is 462 g/mol. The van der Waals surface area contributed by atoms with Crippen molar-refractivity contribution in [3.8, 4) is 5.75 Å². The predicted octanol–water partition coefficient (Wildman–Crippen LogP) is 5.87. The Hall–Kier alpha value is -1.69. The summed E-state index contributed by atoms with van der Waals surface area (Å²) in [7, 11) is 0. The van der Waals surface area contributed by atoms with E-state index in [1.54, 1.807) is 0 Å². The maximum absolute atomic E-state index is 15.0. The van der Waals surface area contributed by atoms with Gasteiger partial charge in [0, 0.05) is 23.6 Å². The number of esters is 1. The standard InChI is InChI=1S/C27H37F2NO3/c1-26(2,3)33-25(31)23-5-4-6-30(23)15-20-10-22(29)24(11-21(20)28)32-16-27-12-17-7-18(13-27)9-19(8-17)14-27/h10-11,17-19,23H,4-9,12-16H2,1-3H3/t17?,18?,19?,23-,27?/m0/s1. The minimum Gasteiger partial charge on any atom is -0.490 e. The summed E-state index contributed by atoms with van der Waals surface area (Å²) < 4.78 is 41.4. The van der Waals surface area contributed by atoms with E-state index in [1.807, 2.05) is 25.7 Å². The molecule has 0 spiro atoms. The zero-order valence-corrected chi connectivity index (χ0v) is 20.2. The van der Waals surface area contributed by atoms with Crippen LogP contribution in [0.25, 0.3) is 0 Å². The lowest BCUT2D eigenvalue weighted by Gasteiger charge is -2.56. The summed E-state index contributed by atoms with van der Waals surface area (Å²) in [4.78, 5) is 14.5. The quantitative estimate of drug-likeness (QED) is 0.497. The van der Waals surface area contributed by atoms with Crippen molar-refractivity contribution in [1.82, 2.24) is 4.90 Å². The van der Waals surface area contributed by atoms with Gasteiger partial charge in [-0.25, -0.2) is 8.78 Å². The van der Waals surface area contributed by atoms with Crippen molar-refractivity contribution >= 4 is 5.97 Å². The van der Waals surface area contributed by atoms with Gasteiger partial charge in [-0.15, -0.1) is 0 Å². The van der Waals surface area contributed by atoms with Gasteiger partial charge in [-0.3, -0.25) is 9.69 Å². The minimum absolute atomic E-state index is 0.0112. The first-order chi connectivity index (χ1) is 15.6. The molecule has 1 atom stereocenters. The van der Waals surface area contributed by atoms with E-state index < -0.39 is 23.3 Å². The second kappa shape index (κ2) is 8.51. The topological polar surface area (TPSA) is 38.8 Å². The zero-order chi connectivity index (χ0) is 23.4. The van der Waals surface area contributed by atoms with Crippen molar-refractivity contribution in [3.05, 3.63) is 29.3 Å². The average Bonchev–Trinajstić information content (AvgIpc) is 3.15. The molecule has 1 aromatic rings. The summed E-state index contributed by atoms with van der Waals surface area (Å²) in [6, 6.07) is 2.03. The van der Waals surface area contributed by atoms with Crippen molar-refractivity contribution in [2.24, 2.45) is 23.2 Å². The third-order valence-corrected chi connectivity index (χ3v) is 8.22. The Labute approximate surface area is 196 Å². The second-order valence-electron chi connectivity index (χ2n) is 12.2. The monoisotopic (exact) mass is 461 g/mol. The molecule has 4 aliphatic carbocycles. The van der Waals surface area contributed by atoms with E-state index in [4.69, 9.17) is 9.47 Å². The fourth-order valence-electron chi connectivity index (χ4n) is 7.37. The summed E-state index contributed by atoms with van der Waals surface area (Å²) in [5.74, 6) is 1.09. The first-order valence-corrected chi connectivity index (χ1v) is 12.7. The van der Waals surface area contributed by atoms with Gasteiger partial charge in [0.05, 0.1) is 6.61 Å². The first-order valence-electron chi connectivity index (χ1n) is 12.7. The first kappa shape index (κ1) is 23.1. The zero-order valence-electron chi connectivity index (χ0n) is 20.2. The lowest BCUT2D eigenvalue weighted by atomic mass is 9.50. The van der Waals surface area contributed by atoms with Crippen LogP contribution >= 0.6 is 0 Å². The highest BCUT2D eigenvalue weighted by molar-refractivity contribution is 5.76. The van der Waals surface area contributed by atoms with Crippen LogP contribution in [-0.2, 0) is 16.1 Å². The Morgan fingerprint density at radius 2 is 1.70 bits per heavy atom. The summed E-state index contributed by atoms with van der Waals surface area (Å²) in [6.45, 7) is 6.83. The molecule has 5 aliphatic rings. The number of likely N-dealkylation sites (tertiary alicyclic amines) is 1. The number of carbonyl (C=O) groups excluding carboxylic acids is 1. The van der Waals surface area contributed by atoms with Gasteiger partial charge < -0.3 is 9.47 Å². The van der Waals surface area contributed by atoms with Crippen LogP contribution in [-0.4, -0.2) is 35.7 Å². The highest BCUT2D eigenvalue weighted by Gasteiger charge is 2.51. The predicted molar refractivity (Wildman–Crippen MR) is 122 cm³/mol. The number of hydrogen-bond acceptors (Lipinski definition) is 4. The Morgan fingerprint density at radius 1 is 1.06 bits per heavy atom. The van der Waals surface area contributed by atoms with E-state index in [2.05, 4.69) is 0 Å². The molecular weight excluding hydrogens is 424 g/mol. The van der Waals surface area contributed by atoms with E-state index in [9.17, 15) is 13.6 Å². The summed E-state index contributed by atoms with van der Waals surface area (Å²) in [5.41, 5.74) is -0.171. The minimum atomic E-state index is -0.571. The molecule has 4 nitrogen and oxygen atoms in total. The van der Waals surface area contributed by atoms with Crippen LogP contribution in [0.2, 0.25) is 0 Å².